The van der Waals surface area contributed by atoms with E-state index in [1.54, 1.807) is 18.7 Å². The van der Waals surface area contributed by atoms with Gasteiger partial charge < -0.3 is 10.6 Å². The van der Waals surface area contributed by atoms with Crippen LogP contribution in [0.1, 0.15) is 20.1 Å². The molecule has 1 aromatic heterocycles. The molecular weight excluding hydrogens is 194 g/mol. The maximum absolute atomic E-state index is 11.7. The monoisotopic (exact) mass is 209 g/mol. The van der Waals surface area contributed by atoms with Crippen LogP contribution in [0.2, 0.25) is 0 Å². The number of carbonyl (C=O) groups excluding carboxylic acids is 1. The lowest BCUT2D eigenvalue weighted by molar-refractivity contribution is 0.0858. The Morgan fingerprint density at radius 1 is 1.53 bits per heavy atom. The standard InChI is InChI=1S/C7H7N5O.C2H6.H2/c13-6-4-5(10-3-9-4)11-7-8-1-2-12(6)7;1-2;/h1-5H,(H,8,11)(H,9,10);1-2H3;1H. The van der Waals surface area contributed by atoms with Crippen molar-refractivity contribution in [3.05, 3.63) is 12.4 Å². The van der Waals surface area contributed by atoms with E-state index in [9.17, 15) is 4.79 Å². The van der Waals surface area contributed by atoms with Crippen LogP contribution in [0.15, 0.2) is 17.4 Å². The van der Waals surface area contributed by atoms with E-state index in [-0.39, 0.29) is 19.5 Å². The van der Waals surface area contributed by atoms with Gasteiger partial charge in [0.25, 0.3) is 5.91 Å². The molecule has 0 aromatic carbocycles. The second-order valence-corrected chi connectivity index (χ2v) is 2.97. The molecule has 1 aromatic rings. The highest BCUT2D eigenvalue weighted by molar-refractivity contribution is 5.92. The summed E-state index contributed by atoms with van der Waals surface area (Å²) in [5.74, 6) is 0.542. The summed E-state index contributed by atoms with van der Waals surface area (Å²) in [6.45, 7) is 4.00. The average molecular weight is 209 g/mol. The Kier molecular flexibility index (Phi) is 2.40. The van der Waals surface area contributed by atoms with Gasteiger partial charge in [0, 0.05) is 13.8 Å². The maximum Gasteiger partial charge on any atom is 0.260 e. The van der Waals surface area contributed by atoms with Gasteiger partial charge in [0.2, 0.25) is 5.95 Å². The van der Waals surface area contributed by atoms with Crippen LogP contribution in [-0.2, 0) is 0 Å². The van der Waals surface area contributed by atoms with E-state index in [0.717, 1.165) is 0 Å². The summed E-state index contributed by atoms with van der Waals surface area (Å²) in [6.07, 6.45) is 4.57. The molecule has 82 valence electrons. The van der Waals surface area contributed by atoms with Gasteiger partial charge in [0.1, 0.15) is 6.04 Å². The van der Waals surface area contributed by atoms with Crippen LogP contribution in [0.4, 0.5) is 5.95 Å². The number of carbonyl (C=O) groups is 1. The smallest absolute Gasteiger partial charge is 0.260 e. The first-order valence-electron chi connectivity index (χ1n) is 4.98. The molecule has 2 atom stereocenters. The average Bonchev–Trinajstić information content (AvgIpc) is 2.89. The largest absolute Gasteiger partial charge is 0.362 e. The van der Waals surface area contributed by atoms with Gasteiger partial charge in [-0.15, -0.1) is 0 Å². The quantitative estimate of drug-likeness (QED) is 0.654. The number of hydrogen-bond donors (Lipinski definition) is 2. The van der Waals surface area contributed by atoms with E-state index in [4.69, 9.17) is 0 Å². The Balaban J connectivity index is 0.000000406. The van der Waals surface area contributed by atoms with Gasteiger partial charge in [-0.2, -0.15) is 0 Å². The Morgan fingerprint density at radius 3 is 3.13 bits per heavy atom. The van der Waals surface area contributed by atoms with Crippen molar-refractivity contribution in [1.82, 2.24) is 14.9 Å². The minimum atomic E-state index is -0.290. The number of rotatable bonds is 0. The van der Waals surface area contributed by atoms with Gasteiger partial charge in [0.05, 0.1) is 6.34 Å². The Bertz CT molecular complexity index is 402. The Labute approximate surface area is 88.9 Å². The number of anilines is 1. The Morgan fingerprint density at radius 2 is 2.33 bits per heavy atom. The zero-order valence-electron chi connectivity index (χ0n) is 8.64. The van der Waals surface area contributed by atoms with Crippen molar-refractivity contribution in [2.24, 2.45) is 4.99 Å². The summed E-state index contributed by atoms with van der Waals surface area (Å²) in [5.41, 5.74) is 0. The zero-order valence-corrected chi connectivity index (χ0v) is 8.64. The van der Waals surface area contributed by atoms with Gasteiger partial charge >= 0.3 is 0 Å². The van der Waals surface area contributed by atoms with E-state index < -0.39 is 0 Å². The summed E-state index contributed by atoms with van der Waals surface area (Å²) in [5, 5.41) is 5.93. The van der Waals surface area contributed by atoms with Gasteiger partial charge in [0.15, 0.2) is 6.17 Å². The number of fused-ring (bicyclic) bond motifs is 2. The molecule has 6 nitrogen and oxygen atoms in total. The highest BCUT2D eigenvalue weighted by Crippen LogP contribution is 2.18. The lowest BCUT2D eigenvalue weighted by atomic mass is 10.2. The van der Waals surface area contributed by atoms with Crippen molar-refractivity contribution in [3.63, 3.8) is 0 Å². The van der Waals surface area contributed by atoms with Crippen molar-refractivity contribution in [3.8, 4) is 0 Å². The highest BCUT2D eigenvalue weighted by Gasteiger charge is 2.37. The summed E-state index contributed by atoms with van der Waals surface area (Å²) in [7, 11) is 0. The molecule has 2 unspecified atom stereocenters. The number of hydrogen-bond acceptors (Lipinski definition) is 5. The lowest BCUT2D eigenvalue weighted by Gasteiger charge is -2.24. The fourth-order valence-corrected chi connectivity index (χ4v) is 1.58. The van der Waals surface area contributed by atoms with E-state index in [1.165, 1.54) is 4.57 Å². The van der Waals surface area contributed by atoms with Crippen molar-refractivity contribution in [2.45, 2.75) is 26.1 Å². The molecule has 2 aliphatic rings. The first-order valence-corrected chi connectivity index (χ1v) is 4.98. The van der Waals surface area contributed by atoms with E-state index in [2.05, 4.69) is 20.6 Å². The summed E-state index contributed by atoms with van der Waals surface area (Å²) >= 11 is 0. The number of imidazole rings is 1. The Hall–Kier alpha value is -1.85. The molecule has 0 aliphatic carbocycles. The van der Waals surface area contributed by atoms with E-state index in [0.29, 0.717) is 5.95 Å². The molecule has 2 aliphatic heterocycles. The molecule has 0 fully saturated rings. The first-order chi connectivity index (χ1) is 7.36. The summed E-state index contributed by atoms with van der Waals surface area (Å²) < 4.78 is 1.49. The summed E-state index contributed by atoms with van der Waals surface area (Å²) in [6, 6.07) is -0.290. The fourth-order valence-electron chi connectivity index (χ4n) is 1.58. The minimum Gasteiger partial charge on any atom is -0.362 e. The molecule has 6 heteroatoms. The third-order valence-electron chi connectivity index (χ3n) is 2.23. The van der Waals surface area contributed by atoms with Crippen LogP contribution >= 0.6 is 0 Å². The number of aromatic nitrogens is 2. The molecular formula is C9H15N5O. The molecule has 2 N–H and O–H groups in total. The molecule has 0 radical (unpaired) electrons. The van der Waals surface area contributed by atoms with Crippen molar-refractivity contribution in [2.75, 3.05) is 5.32 Å². The lowest BCUT2D eigenvalue weighted by Crippen LogP contribution is -2.49. The number of nitrogens with one attached hydrogen (secondary N) is 2. The predicted octanol–water partition coefficient (Wildman–Crippen LogP) is 0.547. The van der Waals surface area contributed by atoms with Crippen molar-refractivity contribution < 1.29 is 6.22 Å². The molecule has 3 rings (SSSR count). The van der Waals surface area contributed by atoms with Gasteiger partial charge in [-0.1, -0.05) is 13.8 Å². The SMILES string of the molecule is CC.O=C1C2NC=NC2Nc2nccn21.[HH]. The molecule has 0 amide bonds. The van der Waals surface area contributed by atoms with Gasteiger partial charge in [-0.3, -0.25) is 9.36 Å². The highest BCUT2D eigenvalue weighted by atomic mass is 16.2. The predicted molar refractivity (Wildman–Crippen MR) is 59.1 cm³/mol. The molecule has 0 saturated carbocycles. The van der Waals surface area contributed by atoms with Crippen LogP contribution in [0.25, 0.3) is 0 Å². The molecule has 15 heavy (non-hydrogen) atoms. The van der Waals surface area contributed by atoms with Crippen LogP contribution in [0, 0.1) is 0 Å². The van der Waals surface area contributed by atoms with Crippen LogP contribution < -0.4 is 10.6 Å². The molecule has 3 heterocycles. The normalized spacial score (nSPS) is 25.6. The maximum atomic E-state index is 11.7. The topological polar surface area (TPSA) is 71.3 Å². The van der Waals surface area contributed by atoms with Crippen LogP contribution in [0.3, 0.4) is 0 Å². The zero-order chi connectivity index (χ0) is 10.8. The molecule has 0 saturated heterocycles. The second-order valence-electron chi connectivity index (χ2n) is 2.97. The van der Waals surface area contributed by atoms with Crippen molar-refractivity contribution >= 4 is 18.2 Å². The van der Waals surface area contributed by atoms with Crippen LogP contribution in [0.5, 0.6) is 0 Å². The molecule has 0 spiro atoms. The van der Waals surface area contributed by atoms with E-state index in [1.807, 2.05) is 13.8 Å². The number of nitrogens with zero attached hydrogens (tertiary/aromatic N) is 3. The molecule has 0 bridgehead atoms. The van der Waals surface area contributed by atoms with Gasteiger partial charge in [-0.25, -0.2) is 9.98 Å². The van der Waals surface area contributed by atoms with Gasteiger partial charge in [-0.05, 0) is 0 Å². The minimum absolute atomic E-state index is 0. The van der Waals surface area contributed by atoms with Crippen molar-refractivity contribution in [1.29, 1.82) is 0 Å². The third-order valence-corrected chi connectivity index (χ3v) is 2.23. The third kappa shape index (κ3) is 1.38. The summed E-state index contributed by atoms with van der Waals surface area (Å²) in [4.78, 5) is 19.8. The fraction of sp³-hybridized carbons (Fsp3) is 0.444. The first kappa shape index (κ1) is 9.70. The number of aliphatic imine (C=N–C) groups is 1. The van der Waals surface area contributed by atoms with Crippen LogP contribution in [-0.4, -0.2) is 34.0 Å². The van der Waals surface area contributed by atoms with E-state index >= 15 is 0 Å². The second kappa shape index (κ2) is 3.72.